The monoisotopic (exact) mass is 363 g/mol. The Balaban J connectivity index is 2.31. The molecule has 0 fully saturated rings. The molecule has 0 saturated carbocycles. The topological polar surface area (TPSA) is 149 Å². The Morgan fingerprint density at radius 2 is 2.04 bits per heavy atom. The van der Waals surface area contributed by atoms with Crippen molar-refractivity contribution in [3.05, 3.63) is 23.7 Å². The molecule has 0 aliphatic heterocycles. The number of anilines is 3. The van der Waals surface area contributed by atoms with Gasteiger partial charge in [-0.15, -0.1) is 0 Å². The standard InChI is InChI=1S/C15H21N7O2S/c1-4-8(13(16)23)19-10-6-18-12(14(17)24)15(20-10)21-11-5-9(7(2)3)22-25-11/h5-8H,4H2,1-3H3,(H2,16,23)(H2,17,24)(H2,19,20,21). The van der Waals surface area contributed by atoms with Crippen LogP contribution >= 0.6 is 11.5 Å². The van der Waals surface area contributed by atoms with Crippen molar-refractivity contribution in [2.24, 2.45) is 11.5 Å². The van der Waals surface area contributed by atoms with Crippen molar-refractivity contribution in [2.45, 2.75) is 39.2 Å². The van der Waals surface area contributed by atoms with Gasteiger partial charge in [0.25, 0.3) is 5.91 Å². The maximum atomic E-state index is 11.6. The maximum absolute atomic E-state index is 11.6. The number of nitrogens with two attached hydrogens (primary N) is 2. The van der Waals surface area contributed by atoms with Gasteiger partial charge in [-0.05, 0) is 29.9 Å². The number of aromatic nitrogens is 3. The third-order valence-corrected chi connectivity index (χ3v) is 4.16. The number of amides is 2. The highest BCUT2D eigenvalue weighted by Gasteiger charge is 2.18. The van der Waals surface area contributed by atoms with E-state index in [0.717, 1.165) is 5.69 Å². The van der Waals surface area contributed by atoms with E-state index in [2.05, 4.69) is 25.0 Å². The second kappa shape index (κ2) is 7.88. The second-order valence-corrected chi connectivity index (χ2v) is 6.52. The summed E-state index contributed by atoms with van der Waals surface area (Å²) in [6, 6.07) is 1.29. The van der Waals surface area contributed by atoms with Crippen molar-refractivity contribution in [1.29, 1.82) is 0 Å². The van der Waals surface area contributed by atoms with Crippen LogP contribution < -0.4 is 22.1 Å². The average Bonchev–Trinajstić information content (AvgIpc) is 3.01. The number of primary amides is 2. The van der Waals surface area contributed by atoms with Gasteiger partial charge in [-0.25, -0.2) is 9.97 Å². The second-order valence-electron chi connectivity index (χ2n) is 5.72. The Labute approximate surface area is 149 Å². The van der Waals surface area contributed by atoms with Crippen molar-refractivity contribution >= 4 is 40.0 Å². The molecule has 0 radical (unpaired) electrons. The first-order valence-corrected chi connectivity index (χ1v) is 8.55. The Kier molecular flexibility index (Phi) is 5.86. The minimum Gasteiger partial charge on any atom is -0.368 e. The third kappa shape index (κ3) is 4.63. The van der Waals surface area contributed by atoms with E-state index in [-0.39, 0.29) is 17.4 Å². The minimum absolute atomic E-state index is 0.00262. The van der Waals surface area contributed by atoms with Crippen molar-refractivity contribution in [2.75, 3.05) is 10.6 Å². The Bertz CT molecular complexity index is 775. The maximum Gasteiger partial charge on any atom is 0.271 e. The van der Waals surface area contributed by atoms with Crippen LogP contribution in [0.25, 0.3) is 0 Å². The Morgan fingerprint density at radius 3 is 2.56 bits per heavy atom. The van der Waals surface area contributed by atoms with Gasteiger partial charge >= 0.3 is 0 Å². The number of carbonyl (C=O) groups is 2. The molecule has 0 aliphatic rings. The molecule has 0 aliphatic carbocycles. The summed E-state index contributed by atoms with van der Waals surface area (Å²) in [5, 5.41) is 6.61. The van der Waals surface area contributed by atoms with Gasteiger partial charge in [0.15, 0.2) is 11.5 Å². The van der Waals surface area contributed by atoms with Gasteiger partial charge in [-0.2, -0.15) is 4.37 Å². The van der Waals surface area contributed by atoms with Crippen LogP contribution in [0.3, 0.4) is 0 Å². The lowest BCUT2D eigenvalue weighted by molar-refractivity contribution is -0.118. The number of nitrogens with zero attached hydrogens (tertiary/aromatic N) is 3. The highest BCUT2D eigenvalue weighted by atomic mass is 32.1. The van der Waals surface area contributed by atoms with E-state index in [1.165, 1.54) is 17.7 Å². The number of hydrogen-bond donors (Lipinski definition) is 4. The molecule has 6 N–H and O–H groups in total. The van der Waals surface area contributed by atoms with Crippen LogP contribution in [-0.4, -0.2) is 32.2 Å². The predicted molar refractivity (Wildman–Crippen MR) is 96.9 cm³/mol. The fourth-order valence-electron chi connectivity index (χ4n) is 2.02. The molecule has 2 heterocycles. The Morgan fingerprint density at radius 1 is 1.32 bits per heavy atom. The number of rotatable bonds is 8. The van der Waals surface area contributed by atoms with Crippen LogP contribution in [0, 0.1) is 0 Å². The zero-order valence-electron chi connectivity index (χ0n) is 14.2. The lowest BCUT2D eigenvalue weighted by Gasteiger charge is -2.15. The molecule has 25 heavy (non-hydrogen) atoms. The van der Waals surface area contributed by atoms with E-state index in [1.54, 1.807) is 0 Å². The summed E-state index contributed by atoms with van der Waals surface area (Å²) in [4.78, 5) is 31.3. The smallest absolute Gasteiger partial charge is 0.271 e. The van der Waals surface area contributed by atoms with Gasteiger partial charge in [-0.1, -0.05) is 20.8 Å². The van der Waals surface area contributed by atoms with E-state index >= 15 is 0 Å². The molecule has 0 aromatic carbocycles. The third-order valence-electron chi connectivity index (χ3n) is 3.44. The zero-order chi connectivity index (χ0) is 18.6. The first kappa shape index (κ1) is 18.6. The van der Waals surface area contributed by atoms with Crippen molar-refractivity contribution in [1.82, 2.24) is 14.3 Å². The summed E-state index contributed by atoms with van der Waals surface area (Å²) in [5.74, 6) is -0.427. The van der Waals surface area contributed by atoms with Crippen LogP contribution in [0.1, 0.15) is 49.3 Å². The zero-order valence-corrected chi connectivity index (χ0v) is 15.1. The highest BCUT2D eigenvalue weighted by Crippen LogP contribution is 2.26. The van der Waals surface area contributed by atoms with Crippen molar-refractivity contribution in [3.63, 3.8) is 0 Å². The quantitative estimate of drug-likeness (QED) is 0.556. The van der Waals surface area contributed by atoms with Crippen LogP contribution in [0.5, 0.6) is 0 Å². The van der Waals surface area contributed by atoms with E-state index in [4.69, 9.17) is 11.5 Å². The van der Waals surface area contributed by atoms with Gasteiger partial charge in [0, 0.05) is 0 Å². The molecular formula is C15H21N7O2S. The lowest BCUT2D eigenvalue weighted by Crippen LogP contribution is -2.35. The summed E-state index contributed by atoms with van der Waals surface area (Å²) in [5.41, 5.74) is 11.6. The van der Waals surface area contributed by atoms with Gasteiger partial charge in [-0.3, -0.25) is 9.59 Å². The van der Waals surface area contributed by atoms with E-state index < -0.39 is 17.9 Å². The molecule has 2 aromatic heterocycles. The van der Waals surface area contributed by atoms with Crippen molar-refractivity contribution in [3.8, 4) is 0 Å². The summed E-state index contributed by atoms with van der Waals surface area (Å²) in [6.07, 6.45) is 1.83. The van der Waals surface area contributed by atoms with E-state index in [9.17, 15) is 9.59 Å². The molecule has 1 atom stereocenters. The molecule has 1 unspecified atom stereocenters. The van der Waals surface area contributed by atoms with Crippen molar-refractivity contribution < 1.29 is 9.59 Å². The Hall–Kier alpha value is -2.75. The molecule has 0 spiro atoms. The van der Waals surface area contributed by atoms with Gasteiger partial charge in [0.2, 0.25) is 5.91 Å². The summed E-state index contributed by atoms with van der Waals surface area (Å²) >= 11 is 1.25. The predicted octanol–water partition coefficient (Wildman–Crippen LogP) is 1.57. The van der Waals surface area contributed by atoms with Gasteiger partial charge in [0.05, 0.1) is 11.9 Å². The fraction of sp³-hybridized carbons (Fsp3) is 0.400. The normalized spacial score (nSPS) is 12.0. The van der Waals surface area contributed by atoms with Gasteiger partial charge in [0.1, 0.15) is 16.9 Å². The molecule has 2 amide bonds. The largest absolute Gasteiger partial charge is 0.368 e. The van der Waals surface area contributed by atoms with E-state index in [0.29, 0.717) is 17.2 Å². The molecule has 0 bridgehead atoms. The molecule has 0 saturated heterocycles. The SMILES string of the molecule is CCC(Nc1cnc(C(N)=O)c(Nc2cc(C(C)C)ns2)n1)C(N)=O. The van der Waals surface area contributed by atoms with Crippen LogP contribution in [-0.2, 0) is 4.79 Å². The summed E-state index contributed by atoms with van der Waals surface area (Å²) in [6.45, 7) is 5.89. The molecule has 134 valence electrons. The molecule has 2 aromatic rings. The number of hydrogen-bond acceptors (Lipinski definition) is 8. The highest BCUT2D eigenvalue weighted by molar-refractivity contribution is 7.10. The molecule has 9 nitrogen and oxygen atoms in total. The average molecular weight is 363 g/mol. The number of carbonyl (C=O) groups excluding carboxylic acids is 2. The first-order chi connectivity index (χ1) is 11.8. The van der Waals surface area contributed by atoms with Gasteiger partial charge < -0.3 is 22.1 Å². The molecular weight excluding hydrogens is 342 g/mol. The molecule has 2 rings (SSSR count). The fourth-order valence-corrected chi connectivity index (χ4v) is 2.80. The van der Waals surface area contributed by atoms with Crippen LogP contribution in [0.2, 0.25) is 0 Å². The van der Waals surface area contributed by atoms with Crippen LogP contribution in [0.4, 0.5) is 16.6 Å². The first-order valence-electron chi connectivity index (χ1n) is 7.78. The minimum atomic E-state index is -0.711. The summed E-state index contributed by atoms with van der Waals surface area (Å²) in [7, 11) is 0. The number of nitrogens with one attached hydrogen (secondary N) is 2. The molecule has 10 heteroatoms. The van der Waals surface area contributed by atoms with E-state index in [1.807, 2.05) is 26.8 Å². The summed E-state index contributed by atoms with van der Waals surface area (Å²) < 4.78 is 4.33. The van der Waals surface area contributed by atoms with Crippen LogP contribution in [0.15, 0.2) is 12.3 Å². The lowest BCUT2D eigenvalue weighted by atomic mass is 10.1.